The molecule has 0 radical (unpaired) electrons. The molecular weight excluding hydrogens is 164 g/mol. The van der Waals surface area contributed by atoms with Crippen LogP contribution in [0.3, 0.4) is 0 Å². The summed E-state index contributed by atoms with van der Waals surface area (Å²) in [5, 5.41) is 3.19. The van der Waals surface area contributed by atoms with Gasteiger partial charge < -0.3 is 10.2 Å². The normalized spacial score (nSPS) is 16.3. The Bertz CT molecular complexity index is 176. The number of rotatable bonds is 5. The van der Waals surface area contributed by atoms with Gasteiger partial charge in [0.25, 0.3) is 0 Å². The van der Waals surface area contributed by atoms with E-state index in [1.807, 2.05) is 20.9 Å². The summed E-state index contributed by atoms with van der Waals surface area (Å²) in [5.74, 6) is 1.04. The minimum atomic E-state index is 0.190. The second-order valence-corrected chi connectivity index (χ2v) is 4.17. The van der Waals surface area contributed by atoms with Crippen LogP contribution >= 0.6 is 0 Å². The van der Waals surface area contributed by atoms with E-state index in [0.29, 0.717) is 12.6 Å². The molecule has 0 saturated heterocycles. The molecule has 0 heterocycles. The molecule has 76 valence electrons. The minimum absolute atomic E-state index is 0.190. The first-order valence-corrected chi connectivity index (χ1v) is 5.07. The largest absolute Gasteiger partial charge is 0.342 e. The van der Waals surface area contributed by atoms with E-state index in [0.717, 1.165) is 12.5 Å². The van der Waals surface area contributed by atoms with Crippen molar-refractivity contribution >= 4 is 5.91 Å². The van der Waals surface area contributed by atoms with Crippen LogP contribution in [-0.2, 0) is 4.79 Å². The SMILES string of the molecule is CC(C)N(C)C(=O)CNCC1CC1. The van der Waals surface area contributed by atoms with Crippen molar-refractivity contribution in [2.45, 2.75) is 32.7 Å². The molecular formula is C10H20N2O. The molecule has 1 aliphatic carbocycles. The summed E-state index contributed by atoms with van der Waals surface area (Å²) in [5.41, 5.74) is 0. The Hall–Kier alpha value is -0.570. The third-order valence-corrected chi connectivity index (χ3v) is 2.57. The van der Waals surface area contributed by atoms with Crippen molar-refractivity contribution in [2.75, 3.05) is 20.1 Å². The summed E-state index contributed by atoms with van der Waals surface area (Å²) in [6, 6.07) is 0.301. The van der Waals surface area contributed by atoms with Crippen molar-refractivity contribution in [3.63, 3.8) is 0 Å². The molecule has 0 aromatic heterocycles. The molecule has 1 rings (SSSR count). The first-order chi connectivity index (χ1) is 6.11. The second-order valence-electron chi connectivity index (χ2n) is 4.17. The third-order valence-electron chi connectivity index (χ3n) is 2.57. The number of amides is 1. The smallest absolute Gasteiger partial charge is 0.236 e. The molecule has 1 N–H and O–H groups in total. The highest BCUT2D eigenvalue weighted by Crippen LogP contribution is 2.27. The van der Waals surface area contributed by atoms with Crippen molar-refractivity contribution in [2.24, 2.45) is 5.92 Å². The lowest BCUT2D eigenvalue weighted by atomic mass is 10.3. The van der Waals surface area contributed by atoms with Gasteiger partial charge >= 0.3 is 0 Å². The van der Waals surface area contributed by atoms with Crippen LogP contribution < -0.4 is 5.32 Å². The molecule has 0 aromatic rings. The van der Waals surface area contributed by atoms with Gasteiger partial charge in [0.15, 0.2) is 0 Å². The molecule has 1 fully saturated rings. The van der Waals surface area contributed by atoms with E-state index < -0.39 is 0 Å². The number of nitrogens with zero attached hydrogens (tertiary/aromatic N) is 1. The van der Waals surface area contributed by atoms with Crippen LogP contribution in [-0.4, -0.2) is 37.0 Å². The van der Waals surface area contributed by atoms with Gasteiger partial charge in [-0.2, -0.15) is 0 Å². The number of likely N-dealkylation sites (N-methyl/N-ethyl adjacent to an activating group) is 1. The molecule has 13 heavy (non-hydrogen) atoms. The summed E-state index contributed by atoms with van der Waals surface area (Å²) in [6.07, 6.45) is 2.67. The van der Waals surface area contributed by atoms with Gasteiger partial charge in [-0.15, -0.1) is 0 Å². The third kappa shape index (κ3) is 3.77. The van der Waals surface area contributed by atoms with Crippen LogP contribution in [0.15, 0.2) is 0 Å². The van der Waals surface area contributed by atoms with Crippen LogP contribution in [0.2, 0.25) is 0 Å². The van der Waals surface area contributed by atoms with E-state index >= 15 is 0 Å². The Morgan fingerprint density at radius 1 is 1.54 bits per heavy atom. The van der Waals surface area contributed by atoms with Gasteiger partial charge in [-0.25, -0.2) is 0 Å². The maximum Gasteiger partial charge on any atom is 0.236 e. The molecule has 0 spiro atoms. The van der Waals surface area contributed by atoms with Crippen molar-refractivity contribution < 1.29 is 4.79 Å². The Morgan fingerprint density at radius 2 is 2.15 bits per heavy atom. The summed E-state index contributed by atoms with van der Waals surface area (Å²) < 4.78 is 0. The lowest BCUT2D eigenvalue weighted by Gasteiger charge is -2.21. The quantitative estimate of drug-likeness (QED) is 0.687. The summed E-state index contributed by atoms with van der Waals surface area (Å²) in [7, 11) is 1.85. The maximum atomic E-state index is 11.4. The number of carbonyl (C=O) groups is 1. The van der Waals surface area contributed by atoms with Gasteiger partial charge in [-0.1, -0.05) is 0 Å². The Labute approximate surface area is 80.5 Å². The fourth-order valence-electron chi connectivity index (χ4n) is 1.12. The monoisotopic (exact) mass is 184 g/mol. The average molecular weight is 184 g/mol. The number of hydrogen-bond acceptors (Lipinski definition) is 2. The number of hydrogen-bond donors (Lipinski definition) is 1. The van der Waals surface area contributed by atoms with Crippen molar-refractivity contribution in [3.8, 4) is 0 Å². The number of nitrogens with one attached hydrogen (secondary N) is 1. The molecule has 0 unspecified atom stereocenters. The van der Waals surface area contributed by atoms with Crippen molar-refractivity contribution in [1.82, 2.24) is 10.2 Å². The maximum absolute atomic E-state index is 11.4. The van der Waals surface area contributed by atoms with Crippen molar-refractivity contribution in [1.29, 1.82) is 0 Å². The Balaban J connectivity index is 2.08. The second kappa shape index (κ2) is 4.61. The molecule has 0 aliphatic heterocycles. The van der Waals surface area contributed by atoms with Gasteiger partial charge in [-0.05, 0) is 39.2 Å². The van der Waals surface area contributed by atoms with Gasteiger partial charge in [0, 0.05) is 13.1 Å². The molecule has 1 saturated carbocycles. The van der Waals surface area contributed by atoms with Crippen LogP contribution in [0.1, 0.15) is 26.7 Å². The lowest BCUT2D eigenvalue weighted by Crippen LogP contribution is -2.39. The van der Waals surface area contributed by atoms with E-state index in [2.05, 4.69) is 5.32 Å². The fraction of sp³-hybridized carbons (Fsp3) is 0.900. The summed E-state index contributed by atoms with van der Waals surface area (Å²) in [6.45, 7) is 5.56. The van der Waals surface area contributed by atoms with Gasteiger partial charge in [0.1, 0.15) is 0 Å². The average Bonchev–Trinajstić information content (AvgIpc) is 2.86. The fourth-order valence-corrected chi connectivity index (χ4v) is 1.12. The van der Waals surface area contributed by atoms with E-state index in [9.17, 15) is 4.79 Å². The minimum Gasteiger partial charge on any atom is -0.342 e. The highest BCUT2D eigenvalue weighted by Gasteiger charge is 2.21. The van der Waals surface area contributed by atoms with Gasteiger partial charge in [0.05, 0.1) is 6.54 Å². The van der Waals surface area contributed by atoms with E-state index in [-0.39, 0.29) is 5.91 Å². The lowest BCUT2D eigenvalue weighted by molar-refractivity contribution is -0.130. The zero-order valence-corrected chi connectivity index (χ0v) is 8.84. The van der Waals surface area contributed by atoms with Crippen LogP contribution in [0.4, 0.5) is 0 Å². The molecule has 1 amide bonds. The van der Waals surface area contributed by atoms with Gasteiger partial charge in [0.2, 0.25) is 5.91 Å². The summed E-state index contributed by atoms with van der Waals surface area (Å²) >= 11 is 0. The first-order valence-electron chi connectivity index (χ1n) is 5.07. The van der Waals surface area contributed by atoms with Crippen LogP contribution in [0.25, 0.3) is 0 Å². The first kappa shape index (κ1) is 10.5. The summed E-state index contributed by atoms with van der Waals surface area (Å²) in [4.78, 5) is 13.2. The zero-order valence-electron chi connectivity index (χ0n) is 8.84. The highest BCUT2D eigenvalue weighted by atomic mass is 16.2. The van der Waals surface area contributed by atoms with E-state index in [1.165, 1.54) is 12.8 Å². The molecule has 3 heteroatoms. The highest BCUT2D eigenvalue weighted by molar-refractivity contribution is 5.78. The van der Waals surface area contributed by atoms with Crippen LogP contribution in [0, 0.1) is 5.92 Å². The van der Waals surface area contributed by atoms with E-state index in [4.69, 9.17) is 0 Å². The molecule has 0 atom stereocenters. The van der Waals surface area contributed by atoms with Gasteiger partial charge in [-0.3, -0.25) is 4.79 Å². The predicted octanol–water partition coefficient (Wildman–Crippen LogP) is 0.853. The predicted molar refractivity (Wildman–Crippen MR) is 53.5 cm³/mol. The Kier molecular flexibility index (Phi) is 3.72. The van der Waals surface area contributed by atoms with Crippen molar-refractivity contribution in [3.05, 3.63) is 0 Å². The topological polar surface area (TPSA) is 32.3 Å². The zero-order chi connectivity index (χ0) is 9.84. The van der Waals surface area contributed by atoms with E-state index in [1.54, 1.807) is 4.90 Å². The Morgan fingerprint density at radius 3 is 2.62 bits per heavy atom. The standard InChI is InChI=1S/C10H20N2O/c1-8(2)12(3)10(13)7-11-6-9-4-5-9/h8-9,11H,4-7H2,1-3H3. The molecule has 0 bridgehead atoms. The molecule has 0 aromatic carbocycles. The number of carbonyl (C=O) groups excluding carboxylic acids is 1. The molecule has 1 aliphatic rings. The molecule has 3 nitrogen and oxygen atoms in total. The van der Waals surface area contributed by atoms with Crippen LogP contribution in [0.5, 0.6) is 0 Å².